The molecule has 0 bridgehead atoms. The Morgan fingerprint density at radius 3 is 3.14 bits per heavy atom. The quantitative estimate of drug-likeness (QED) is 0.844. The fourth-order valence-corrected chi connectivity index (χ4v) is 3.93. The molecule has 3 heterocycles. The van der Waals surface area contributed by atoms with Crippen LogP contribution in [0.15, 0.2) is 36.5 Å². The monoisotopic (exact) mass is 281 g/mol. The highest BCUT2D eigenvalue weighted by molar-refractivity contribution is 5.78. The first-order valence-corrected chi connectivity index (χ1v) is 8.11. The molecule has 1 aromatic heterocycles. The van der Waals surface area contributed by atoms with Gasteiger partial charge in [-0.1, -0.05) is 12.1 Å². The summed E-state index contributed by atoms with van der Waals surface area (Å²) in [5.74, 6) is 0. The van der Waals surface area contributed by atoms with Gasteiger partial charge in [0.15, 0.2) is 0 Å². The van der Waals surface area contributed by atoms with E-state index in [1.807, 2.05) is 12.3 Å². The van der Waals surface area contributed by atoms with Crippen molar-refractivity contribution in [1.29, 1.82) is 0 Å². The Morgan fingerprint density at radius 1 is 1.24 bits per heavy atom. The van der Waals surface area contributed by atoms with Crippen molar-refractivity contribution in [2.45, 2.75) is 38.4 Å². The molecule has 0 unspecified atom stereocenters. The molecule has 2 atom stereocenters. The minimum atomic E-state index is 0.656. The SMILES string of the molecule is C[C@@H]1CN2CCC[C@H]2CN1Cc1ccc2ncccc2c1. The molecule has 21 heavy (non-hydrogen) atoms. The summed E-state index contributed by atoms with van der Waals surface area (Å²) in [6.07, 6.45) is 4.63. The van der Waals surface area contributed by atoms with Gasteiger partial charge in [-0.2, -0.15) is 0 Å². The van der Waals surface area contributed by atoms with Gasteiger partial charge < -0.3 is 0 Å². The van der Waals surface area contributed by atoms with Crippen LogP contribution in [0.5, 0.6) is 0 Å². The largest absolute Gasteiger partial charge is 0.298 e. The minimum absolute atomic E-state index is 0.656. The minimum Gasteiger partial charge on any atom is -0.298 e. The third kappa shape index (κ3) is 2.56. The fraction of sp³-hybridized carbons (Fsp3) is 0.500. The van der Waals surface area contributed by atoms with E-state index in [2.05, 4.69) is 46.0 Å². The maximum Gasteiger partial charge on any atom is 0.0702 e. The van der Waals surface area contributed by atoms with Crippen LogP contribution in [0, 0.1) is 0 Å². The third-order valence-electron chi connectivity index (χ3n) is 5.12. The van der Waals surface area contributed by atoms with Gasteiger partial charge in [0.1, 0.15) is 0 Å². The van der Waals surface area contributed by atoms with E-state index in [-0.39, 0.29) is 0 Å². The standard InChI is InChI=1S/C18H23N3/c1-14-11-20-9-3-5-17(20)13-21(14)12-15-6-7-18-16(10-15)4-2-8-19-18/h2,4,6-8,10,14,17H,3,5,9,11-13H2,1H3/t14-,17+/m1/s1. The maximum absolute atomic E-state index is 4.41. The van der Waals surface area contributed by atoms with Crippen LogP contribution in [-0.4, -0.2) is 46.5 Å². The van der Waals surface area contributed by atoms with E-state index in [0.29, 0.717) is 6.04 Å². The molecule has 2 aliphatic rings. The first-order valence-electron chi connectivity index (χ1n) is 8.11. The molecule has 0 amide bonds. The van der Waals surface area contributed by atoms with Crippen LogP contribution in [0.2, 0.25) is 0 Å². The van der Waals surface area contributed by atoms with Crippen molar-refractivity contribution >= 4 is 10.9 Å². The van der Waals surface area contributed by atoms with Crippen LogP contribution in [-0.2, 0) is 6.54 Å². The third-order valence-corrected chi connectivity index (χ3v) is 5.12. The van der Waals surface area contributed by atoms with Crippen LogP contribution >= 0.6 is 0 Å². The highest BCUT2D eigenvalue weighted by atomic mass is 15.3. The summed E-state index contributed by atoms with van der Waals surface area (Å²) in [4.78, 5) is 9.75. The Balaban J connectivity index is 1.53. The first-order chi connectivity index (χ1) is 10.3. The smallest absolute Gasteiger partial charge is 0.0702 e. The van der Waals surface area contributed by atoms with E-state index in [9.17, 15) is 0 Å². The number of hydrogen-bond acceptors (Lipinski definition) is 3. The van der Waals surface area contributed by atoms with Crippen molar-refractivity contribution in [2.24, 2.45) is 0 Å². The van der Waals surface area contributed by atoms with Crippen molar-refractivity contribution < 1.29 is 0 Å². The zero-order chi connectivity index (χ0) is 14.2. The summed E-state index contributed by atoms with van der Waals surface area (Å²) in [6, 6.07) is 12.3. The predicted molar refractivity (Wildman–Crippen MR) is 86.2 cm³/mol. The highest BCUT2D eigenvalue weighted by Crippen LogP contribution is 2.26. The Labute approximate surface area is 126 Å². The van der Waals surface area contributed by atoms with Gasteiger partial charge >= 0.3 is 0 Å². The molecule has 4 rings (SSSR count). The normalized spacial score (nSPS) is 27.1. The molecule has 0 aliphatic carbocycles. The van der Waals surface area contributed by atoms with Gasteiger partial charge in [-0.15, -0.1) is 0 Å². The van der Waals surface area contributed by atoms with Crippen LogP contribution in [0.25, 0.3) is 10.9 Å². The van der Waals surface area contributed by atoms with E-state index in [1.54, 1.807) is 0 Å². The van der Waals surface area contributed by atoms with E-state index in [4.69, 9.17) is 0 Å². The molecular formula is C18H23N3. The zero-order valence-electron chi connectivity index (χ0n) is 12.7. The summed E-state index contributed by atoms with van der Waals surface area (Å²) in [6.45, 7) is 7.21. The second-order valence-corrected chi connectivity index (χ2v) is 6.60. The van der Waals surface area contributed by atoms with E-state index in [0.717, 1.165) is 18.1 Å². The summed E-state index contributed by atoms with van der Waals surface area (Å²) in [5, 5.41) is 1.25. The molecule has 3 heteroatoms. The van der Waals surface area contributed by atoms with Gasteiger partial charge in [0.05, 0.1) is 5.52 Å². The van der Waals surface area contributed by atoms with Gasteiger partial charge in [0, 0.05) is 43.3 Å². The number of fused-ring (bicyclic) bond motifs is 2. The summed E-state index contributed by atoms with van der Waals surface area (Å²) in [7, 11) is 0. The van der Waals surface area contributed by atoms with Crippen molar-refractivity contribution in [3.63, 3.8) is 0 Å². The molecule has 2 saturated heterocycles. The van der Waals surface area contributed by atoms with E-state index < -0.39 is 0 Å². The maximum atomic E-state index is 4.41. The lowest BCUT2D eigenvalue weighted by Gasteiger charge is -2.42. The number of hydrogen-bond donors (Lipinski definition) is 0. The molecule has 110 valence electrons. The Morgan fingerprint density at radius 2 is 2.19 bits per heavy atom. The van der Waals surface area contributed by atoms with Gasteiger partial charge in [0.2, 0.25) is 0 Å². The van der Waals surface area contributed by atoms with Crippen LogP contribution < -0.4 is 0 Å². The molecule has 0 spiro atoms. The first kappa shape index (κ1) is 13.2. The average Bonchev–Trinajstić information content (AvgIpc) is 2.94. The van der Waals surface area contributed by atoms with Crippen molar-refractivity contribution in [3.8, 4) is 0 Å². The zero-order valence-corrected chi connectivity index (χ0v) is 12.7. The van der Waals surface area contributed by atoms with Crippen molar-refractivity contribution in [2.75, 3.05) is 19.6 Å². The number of pyridine rings is 1. The van der Waals surface area contributed by atoms with Gasteiger partial charge in [-0.05, 0) is 50.1 Å². The Hall–Kier alpha value is -1.45. The molecule has 2 aromatic rings. The number of benzene rings is 1. The second-order valence-electron chi connectivity index (χ2n) is 6.60. The molecule has 1 aromatic carbocycles. The summed E-state index contributed by atoms with van der Waals surface area (Å²) >= 11 is 0. The summed E-state index contributed by atoms with van der Waals surface area (Å²) in [5.41, 5.74) is 2.50. The highest BCUT2D eigenvalue weighted by Gasteiger charge is 2.34. The molecule has 0 radical (unpaired) electrons. The van der Waals surface area contributed by atoms with Gasteiger partial charge in [-0.25, -0.2) is 0 Å². The molecule has 0 saturated carbocycles. The lowest BCUT2D eigenvalue weighted by molar-refractivity contribution is 0.0540. The average molecular weight is 281 g/mol. The number of rotatable bonds is 2. The lowest BCUT2D eigenvalue weighted by Crippen LogP contribution is -2.54. The van der Waals surface area contributed by atoms with E-state index in [1.165, 1.54) is 43.4 Å². The lowest BCUT2D eigenvalue weighted by atomic mass is 10.1. The van der Waals surface area contributed by atoms with Crippen molar-refractivity contribution in [1.82, 2.24) is 14.8 Å². The molecule has 3 nitrogen and oxygen atoms in total. The van der Waals surface area contributed by atoms with Crippen molar-refractivity contribution in [3.05, 3.63) is 42.1 Å². The van der Waals surface area contributed by atoms with E-state index >= 15 is 0 Å². The Kier molecular flexibility index (Phi) is 3.40. The van der Waals surface area contributed by atoms with Crippen LogP contribution in [0.4, 0.5) is 0 Å². The number of nitrogens with zero attached hydrogens (tertiary/aromatic N) is 3. The molecule has 2 aliphatic heterocycles. The second kappa shape index (κ2) is 5.39. The Bertz CT molecular complexity index is 639. The topological polar surface area (TPSA) is 19.4 Å². The fourth-order valence-electron chi connectivity index (χ4n) is 3.93. The van der Waals surface area contributed by atoms with Crippen LogP contribution in [0.1, 0.15) is 25.3 Å². The van der Waals surface area contributed by atoms with Crippen LogP contribution in [0.3, 0.4) is 0 Å². The van der Waals surface area contributed by atoms with Gasteiger partial charge in [-0.3, -0.25) is 14.8 Å². The molecular weight excluding hydrogens is 258 g/mol. The predicted octanol–water partition coefficient (Wildman–Crippen LogP) is 2.90. The van der Waals surface area contributed by atoms with Gasteiger partial charge in [0.25, 0.3) is 0 Å². The number of piperazine rings is 1. The molecule has 2 fully saturated rings. The molecule has 0 N–H and O–H groups in total. The number of aromatic nitrogens is 1. The summed E-state index contributed by atoms with van der Waals surface area (Å²) < 4.78 is 0.